The van der Waals surface area contributed by atoms with Crippen molar-refractivity contribution in [2.45, 2.75) is 69.4 Å². The number of aromatic nitrogens is 2. The molecule has 1 aromatic rings. The molecule has 0 saturated heterocycles. The van der Waals surface area contributed by atoms with Crippen LogP contribution >= 0.6 is 0 Å². The Morgan fingerprint density at radius 2 is 2.04 bits per heavy atom. The smallest absolute Gasteiger partial charge is 0.258 e. The van der Waals surface area contributed by atoms with E-state index in [1.807, 2.05) is 0 Å². The van der Waals surface area contributed by atoms with E-state index in [-0.39, 0.29) is 11.5 Å². The van der Waals surface area contributed by atoms with E-state index in [4.69, 9.17) is 4.74 Å². The quantitative estimate of drug-likeness (QED) is 0.749. The molecule has 0 aliphatic heterocycles. The molecular weight excluding hydrogens is 378 g/mol. The molecule has 2 bridgehead atoms. The lowest BCUT2D eigenvalue weighted by Crippen LogP contribution is -2.35. The maximum Gasteiger partial charge on any atom is 0.258 e. The van der Waals surface area contributed by atoms with E-state index in [2.05, 4.69) is 15.3 Å². The maximum atomic E-state index is 12.8. The third-order valence-corrected chi connectivity index (χ3v) is 6.57. The number of carbonyl (C=O) groups is 1. The Bertz CT molecular complexity index is 900. The van der Waals surface area contributed by atoms with E-state index in [1.54, 1.807) is 13.1 Å². The zero-order valence-corrected chi connectivity index (χ0v) is 17.2. The molecule has 0 aromatic carbocycles. The van der Waals surface area contributed by atoms with Crippen LogP contribution in [-0.2, 0) is 9.84 Å². The molecule has 1 atom stereocenters. The summed E-state index contributed by atoms with van der Waals surface area (Å²) in [5, 5.41) is 3.88. The second-order valence-electron chi connectivity index (χ2n) is 8.57. The van der Waals surface area contributed by atoms with Gasteiger partial charge in [-0.15, -0.1) is 0 Å². The van der Waals surface area contributed by atoms with Gasteiger partial charge in [0.25, 0.3) is 5.91 Å². The summed E-state index contributed by atoms with van der Waals surface area (Å²) in [4.78, 5) is 21.8. The van der Waals surface area contributed by atoms with Gasteiger partial charge in [-0.2, -0.15) is 4.98 Å². The Morgan fingerprint density at radius 1 is 1.32 bits per heavy atom. The van der Waals surface area contributed by atoms with Crippen LogP contribution in [-0.4, -0.2) is 42.2 Å². The van der Waals surface area contributed by atoms with Crippen molar-refractivity contribution < 1.29 is 17.9 Å². The van der Waals surface area contributed by atoms with Crippen LogP contribution in [0.1, 0.15) is 74.0 Å². The third kappa shape index (κ3) is 4.37. The first kappa shape index (κ1) is 19.4. The molecule has 152 valence electrons. The Balaban J connectivity index is 1.55. The van der Waals surface area contributed by atoms with Crippen molar-refractivity contribution in [3.05, 3.63) is 29.1 Å². The summed E-state index contributed by atoms with van der Waals surface area (Å²) < 4.78 is 29.0. The summed E-state index contributed by atoms with van der Waals surface area (Å²) >= 11 is 0. The zero-order valence-electron chi connectivity index (χ0n) is 16.3. The van der Waals surface area contributed by atoms with Crippen molar-refractivity contribution >= 4 is 15.7 Å². The fourth-order valence-electron chi connectivity index (χ4n) is 4.23. The zero-order chi connectivity index (χ0) is 19.9. The summed E-state index contributed by atoms with van der Waals surface area (Å²) in [5.74, 6) is 1.86. The van der Waals surface area contributed by atoms with E-state index < -0.39 is 15.9 Å². The van der Waals surface area contributed by atoms with E-state index in [0.717, 1.165) is 55.5 Å². The SMILES string of the molecule is CC(C=CS(C)(=O)=O)NC(=O)c1cnc(C2CC2)nc1OC12CCC(CC1)C2. The number of ether oxygens (including phenoxy) is 1. The number of sulfone groups is 1. The van der Waals surface area contributed by atoms with Crippen LogP contribution in [0.25, 0.3) is 0 Å². The minimum absolute atomic E-state index is 0.198. The number of amides is 1. The number of nitrogens with one attached hydrogen (secondary N) is 1. The van der Waals surface area contributed by atoms with E-state index in [0.29, 0.717) is 17.4 Å². The maximum absolute atomic E-state index is 12.8. The number of nitrogens with zero attached hydrogens (tertiary/aromatic N) is 2. The molecule has 1 aromatic heterocycles. The predicted octanol–water partition coefficient (Wildman–Crippen LogP) is 2.74. The molecule has 28 heavy (non-hydrogen) atoms. The first-order valence-electron chi connectivity index (χ1n) is 9.98. The molecule has 0 radical (unpaired) electrons. The van der Waals surface area contributed by atoms with Crippen molar-refractivity contribution in [1.29, 1.82) is 0 Å². The minimum atomic E-state index is -3.24. The van der Waals surface area contributed by atoms with Crippen LogP contribution in [0.4, 0.5) is 0 Å². The number of rotatable bonds is 7. The van der Waals surface area contributed by atoms with Crippen LogP contribution < -0.4 is 10.1 Å². The molecule has 0 spiro atoms. The van der Waals surface area contributed by atoms with Gasteiger partial charge in [0.15, 0.2) is 9.84 Å². The molecule has 1 amide bonds. The average molecular weight is 406 g/mol. The second-order valence-corrected chi connectivity index (χ2v) is 10.5. The predicted molar refractivity (Wildman–Crippen MR) is 105 cm³/mol. The van der Waals surface area contributed by atoms with E-state index >= 15 is 0 Å². The van der Waals surface area contributed by atoms with Crippen LogP contribution in [0.3, 0.4) is 0 Å². The molecular formula is C20H27N3O4S. The Morgan fingerprint density at radius 3 is 2.61 bits per heavy atom. The number of hydrogen-bond donors (Lipinski definition) is 1. The molecule has 7 nitrogen and oxygen atoms in total. The monoisotopic (exact) mass is 405 g/mol. The van der Waals surface area contributed by atoms with Gasteiger partial charge >= 0.3 is 0 Å². The molecule has 3 aliphatic carbocycles. The first-order chi connectivity index (χ1) is 13.2. The van der Waals surface area contributed by atoms with Gasteiger partial charge in [0.2, 0.25) is 5.88 Å². The highest BCUT2D eigenvalue weighted by molar-refractivity contribution is 7.93. The van der Waals surface area contributed by atoms with Gasteiger partial charge in [-0.25, -0.2) is 13.4 Å². The van der Waals surface area contributed by atoms with Crippen LogP contribution in [0, 0.1) is 5.92 Å². The summed E-state index contributed by atoms with van der Waals surface area (Å²) in [6, 6.07) is -0.446. The van der Waals surface area contributed by atoms with Crippen LogP contribution in [0.2, 0.25) is 0 Å². The highest BCUT2D eigenvalue weighted by Gasteiger charge is 2.47. The Kier molecular flexibility index (Phi) is 4.93. The molecule has 3 fully saturated rings. The Labute approximate surface area is 165 Å². The van der Waals surface area contributed by atoms with Gasteiger partial charge in [0.05, 0.1) is 0 Å². The van der Waals surface area contributed by atoms with Gasteiger partial charge in [-0.3, -0.25) is 4.79 Å². The van der Waals surface area contributed by atoms with Crippen molar-refractivity contribution in [2.75, 3.05) is 6.26 Å². The lowest BCUT2D eigenvalue weighted by atomic mass is 9.97. The molecule has 8 heteroatoms. The van der Waals surface area contributed by atoms with Gasteiger partial charge in [0, 0.05) is 29.8 Å². The summed E-state index contributed by atoms with van der Waals surface area (Å²) in [6.07, 6.45) is 11.7. The molecule has 1 heterocycles. The van der Waals surface area contributed by atoms with E-state index in [1.165, 1.54) is 18.9 Å². The highest BCUT2D eigenvalue weighted by Crippen LogP contribution is 2.50. The number of fused-ring (bicyclic) bond motifs is 2. The fraction of sp³-hybridized carbons (Fsp3) is 0.650. The topological polar surface area (TPSA) is 98.2 Å². The van der Waals surface area contributed by atoms with Gasteiger partial charge in [-0.1, -0.05) is 6.08 Å². The Hall–Kier alpha value is -1.96. The summed E-state index contributed by atoms with van der Waals surface area (Å²) in [6.45, 7) is 1.72. The van der Waals surface area contributed by atoms with E-state index in [9.17, 15) is 13.2 Å². The molecule has 4 rings (SSSR count). The molecule has 3 saturated carbocycles. The van der Waals surface area contributed by atoms with Crippen molar-refractivity contribution in [1.82, 2.24) is 15.3 Å². The van der Waals surface area contributed by atoms with Gasteiger partial charge < -0.3 is 10.1 Å². The lowest BCUT2D eigenvalue weighted by Gasteiger charge is -2.28. The molecule has 3 aliphatic rings. The van der Waals surface area contributed by atoms with Crippen molar-refractivity contribution in [2.24, 2.45) is 5.92 Å². The molecule has 1 N–H and O–H groups in total. The van der Waals surface area contributed by atoms with Gasteiger partial charge in [0.1, 0.15) is 17.0 Å². The average Bonchev–Trinajstić information content (AvgIpc) is 3.31. The largest absolute Gasteiger partial charge is 0.470 e. The second kappa shape index (κ2) is 7.13. The standard InChI is InChI=1S/C20H27N3O4S/c1-13(7-10-28(2,25)26)22-18(24)16-12-21-17(15-3-4-15)23-19(16)27-20-8-5-14(11-20)6-9-20/h7,10,12-15H,3-6,8-9,11H2,1-2H3,(H,22,24). The minimum Gasteiger partial charge on any atom is -0.470 e. The fourth-order valence-corrected chi connectivity index (χ4v) is 4.75. The first-order valence-corrected chi connectivity index (χ1v) is 11.9. The molecule has 1 unspecified atom stereocenters. The van der Waals surface area contributed by atoms with Crippen molar-refractivity contribution in [3.8, 4) is 5.88 Å². The number of hydrogen-bond acceptors (Lipinski definition) is 6. The lowest BCUT2D eigenvalue weighted by molar-refractivity contribution is 0.0708. The number of carbonyl (C=O) groups excluding carboxylic acids is 1. The highest BCUT2D eigenvalue weighted by atomic mass is 32.2. The third-order valence-electron chi connectivity index (χ3n) is 5.92. The van der Waals surface area contributed by atoms with Crippen molar-refractivity contribution in [3.63, 3.8) is 0 Å². The summed E-state index contributed by atoms with van der Waals surface area (Å²) in [5.41, 5.74) is 0.116. The summed E-state index contributed by atoms with van der Waals surface area (Å²) in [7, 11) is -3.24. The van der Waals surface area contributed by atoms with Crippen LogP contribution in [0.5, 0.6) is 5.88 Å². The van der Waals surface area contributed by atoms with Gasteiger partial charge in [-0.05, 0) is 57.8 Å². The normalized spacial score (nSPS) is 27.9. The van der Waals surface area contributed by atoms with Crippen LogP contribution in [0.15, 0.2) is 17.7 Å².